The van der Waals surface area contributed by atoms with Crippen molar-refractivity contribution in [2.75, 3.05) is 5.32 Å². The molecule has 0 spiro atoms. The van der Waals surface area contributed by atoms with Crippen molar-refractivity contribution in [3.8, 4) is 0 Å². The standard InChI is InChI=1S/C15H19N3O3/c1-11(2)18-13(9-19)8-14(17-18)16-15(20)21-10-12-6-4-3-5-7-12/h3-8,11,19H,9-10H2,1-2H3,(H,16,17,20). The first-order valence-corrected chi connectivity index (χ1v) is 6.77. The molecule has 6 nitrogen and oxygen atoms in total. The average Bonchev–Trinajstić information content (AvgIpc) is 2.89. The van der Waals surface area contributed by atoms with Gasteiger partial charge in [0.15, 0.2) is 5.82 Å². The molecule has 0 radical (unpaired) electrons. The molecule has 1 heterocycles. The number of aromatic nitrogens is 2. The normalized spacial score (nSPS) is 10.7. The summed E-state index contributed by atoms with van der Waals surface area (Å²) in [6.07, 6.45) is -0.572. The van der Waals surface area contributed by atoms with Crippen LogP contribution >= 0.6 is 0 Å². The predicted octanol–water partition coefficient (Wildman–Crippen LogP) is 2.71. The highest BCUT2D eigenvalue weighted by molar-refractivity contribution is 5.83. The minimum absolute atomic E-state index is 0.100. The summed E-state index contributed by atoms with van der Waals surface area (Å²) in [5.41, 5.74) is 1.56. The Balaban J connectivity index is 1.93. The Kier molecular flexibility index (Phi) is 4.94. The topological polar surface area (TPSA) is 76.4 Å². The van der Waals surface area contributed by atoms with E-state index in [2.05, 4.69) is 10.4 Å². The molecule has 6 heteroatoms. The van der Waals surface area contributed by atoms with Crippen LogP contribution in [0.5, 0.6) is 0 Å². The van der Waals surface area contributed by atoms with Gasteiger partial charge >= 0.3 is 6.09 Å². The van der Waals surface area contributed by atoms with E-state index in [1.807, 2.05) is 44.2 Å². The molecule has 1 aromatic carbocycles. The summed E-state index contributed by atoms with van der Waals surface area (Å²) in [6.45, 7) is 3.96. The molecule has 0 atom stereocenters. The summed E-state index contributed by atoms with van der Waals surface area (Å²) in [5.74, 6) is 0.366. The minimum atomic E-state index is -0.572. The highest BCUT2D eigenvalue weighted by Crippen LogP contribution is 2.15. The van der Waals surface area contributed by atoms with E-state index in [-0.39, 0.29) is 19.3 Å². The quantitative estimate of drug-likeness (QED) is 0.887. The lowest BCUT2D eigenvalue weighted by Gasteiger charge is -2.08. The van der Waals surface area contributed by atoms with Crippen molar-refractivity contribution in [2.24, 2.45) is 0 Å². The van der Waals surface area contributed by atoms with Crippen LogP contribution in [0.1, 0.15) is 31.1 Å². The maximum absolute atomic E-state index is 11.7. The minimum Gasteiger partial charge on any atom is -0.444 e. The van der Waals surface area contributed by atoms with Crippen LogP contribution in [0.2, 0.25) is 0 Å². The number of nitrogens with zero attached hydrogens (tertiary/aromatic N) is 2. The third kappa shape index (κ3) is 4.06. The number of rotatable bonds is 5. The molecule has 0 unspecified atom stereocenters. The van der Waals surface area contributed by atoms with Crippen LogP contribution < -0.4 is 5.32 Å². The Morgan fingerprint density at radius 1 is 1.38 bits per heavy atom. The maximum Gasteiger partial charge on any atom is 0.413 e. The molecule has 0 fully saturated rings. The number of amides is 1. The van der Waals surface area contributed by atoms with E-state index in [1.165, 1.54) is 0 Å². The van der Waals surface area contributed by atoms with Crippen molar-refractivity contribution in [1.82, 2.24) is 9.78 Å². The van der Waals surface area contributed by atoms with Crippen LogP contribution in [0.15, 0.2) is 36.4 Å². The molecule has 2 aromatic rings. The summed E-state index contributed by atoms with van der Waals surface area (Å²) in [5, 5.41) is 16.0. The van der Waals surface area contributed by atoms with Crippen LogP contribution in [0.4, 0.5) is 10.6 Å². The second-order valence-electron chi connectivity index (χ2n) is 4.90. The fourth-order valence-corrected chi connectivity index (χ4v) is 1.92. The van der Waals surface area contributed by atoms with Crippen molar-refractivity contribution < 1.29 is 14.6 Å². The third-order valence-corrected chi connectivity index (χ3v) is 2.91. The van der Waals surface area contributed by atoms with E-state index in [9.17, 15) is 9.90 Å². The van der Waals surface area contributed by atoms with Crippen molar-refractivity contribution in [3.05, 3.63) is 47.7 Å². The van der Waals surface area contributed by atoms with Gasteiger partial charge in [-0.15, -0.1) is 0 Å². The van der Waals surface area contributed by atoms with Gasteiger partial charge in [-0.25, -0.2) is 4.79 Å². The van der Waals surface area contributed by atoms with Crippen LogP contribution in [-0.4, -0.2) is 21.0 Å². The molecule has 2 N–H and O–H groups in total. The second kappa shape index (κ2) is 6.90. The molecule has 1 amide bonds. The number of carbonyl (C=O) groups is 1. The lowest BCUT2D eigenvalue weighted by molar-refractivity contribution is 0.155. The lowest BCUT2D eigenvalue weighted by Crippen LogP contribution is -2.14. The molecule has 1 aromatic heterocycles. The van der Waals surface area contributed by atoms with Gasteiger partial charge in [0.2, 0.25) is 0 Å². The number of hydrogen-bond donors (Lipinski definition) is 2. The Morgan fingerprint density at radius 3 is 2.67 bits per heavy atom. The van der Waals surface area contributed by atoms with Crippen LogP contribution in [0.3, 0.4) is 0 Å². The number of anilines is 1. The van der Waals surface area contributed by atoms with Gasteiger partial charge in [0, 0.05) is 12.1 Å². The number of benzene rings is 1. The zero-order valence-corrected chi connectivity index (χ0v) is 12.1. The smallest absolute Gasteiger partial charge is 0.413 e. The van der Waals surface area contributed by atoms with Gasteiger partial charge < -0.3 is 9.84 Å². The van der Waals surface area contributed by atoms with Crippen LogP contribution in [0.25, 0.3) is 0 Å². The molecular weight excluding hydrogens is 270 g/mol. The van der Waals surface area contributed by atoms with E-state index in [4.69, 9.17) is 4.74 Å². The summed E-state index contributed by atoms with van der Waals surface area (Å²) < 4.78 is 6.77. The van der Waals surface area contributed by atoms with Crippen molar-refractivity contribution >= 4 is 11.9 Å². The van der Waals surface area contributed by atoms with E-state index in [0.29, 0.717) is 11.5 Å². The molecule has 0 aliphatic carbocycles. The summed E-state index contributed by atoms with van der Waals surface area (Å²) in [7, 11) is 0. The summed E-state index contributed by atoms with van der Waals surface area (Å²) in [6, 6.07) is 11.2. The molecule has 0 aliphatic heterocycles. The van der Waals surface area contributed by atoms with Gasteiger partial charge in [-0.3, -0.25) is 10.00 Å². The Bertz CT molecular complexity index is 593. The van der Waals surface area contributed by atoms with Crippen LogP contribution in [-0.2, 0) is 18.0 Å². The number of carbonyl (C=O) groups excluding carboxylic acids is 1. The lowest BCUT2D eigenvalue weighted by atomic mass is 10.2. The van der Waals surface area contributed by atoms with Gasteiger partial charge in [0.25, 0.3) is 0 Å². The molecule has 112 valence electrons. The van der Waals surface area contributed by atoms with Gasteiger partial charge in [-0.1, -0.05) is 30.3 Å². The first kappa shape index (κ1) is 15.1. The number of ether oxygens (including phenoxy) is 1. The fraction of sp³-hybridized carbons (Fsp3) is 0.333. The highest BCUT2D eigenvalue weighted by Gasteiger charge is 2.12. The zero-order chi connectivity index (χ0) is 15.2. The monoisotopic (exact) mass is 289 g/mol. The first-order chi connectivity index (χ1) is 10.1. The van der Waals surface area contributed by atoms with E-state index < -0.39 is 6.09 Å². The number of aliphatic hydroxyl groups excluding tert-OH is 1. The molecule has 2 rings (SSSR count). The van der Waals surface area contributed by atoms with E-state index in [0.717, 1.165) is 5.56 Å². The largest absolute Gasteiger partial charge is 0.444 e. The van der Waals surface area contributed by atoms with Gasteiger partial charge in [-0.05, 0) is 19.4 Å². The maximum atomic E-state index is 11.7. The van der Waals surface area contributed by atoms with Crippen molar-refractivity contribution in [1.29, 1.82) is 0 Å². The van der Waals surface area contributed by atoms with Gasteiger partial charge in [0.05, 0.1) is 12.3 Å². The Hall–Kier alpha value is -2.34. The number of aliphatic hydroxyl groups is 1. The van der Waals surface area contributed by atoms with E-state index >= 15 is 0 Å². The second-order valence-corrected chi connectivity index (χ2v) is 4.90. The van der Waals surface area contributed by atoms with Crippen molar-refractivity contribution in [2.45, 2.75) is 33.1 Å². The van der Waals surface area contributed by atoms with Gasteiger partial charge in [0.1, 0.15) is 6.61 Å². The average molecular weight is 289 g/mol. The van der Waals surface area contributed by atoms with Gasteiger partial charge in [-0.2, -0.15) is 5.10 Å². The number of nitrogens with one attached hydrogen (secondary N) is 1. The first-order valence-electron chi connectivity index (χ1n) is 6.77. The molecule has 0 saturated heterocycles. The molecule has 0 saturated carbocycles. The van der Waals surface area contributed by atoms with E-state index in [1.54, 1.807) is 10.7 Å². The predicted molar refractivity (Wildman–Crippen MR) is 78.8 cm³/mol. The Labute approximate surface area is 123 Å². The highest BCUT2D eigenvalue weighted by atomic mass is 16.5. The molecular formula is C15H19N3O3. The molecule has 0 aliphatic rings. The third-order valence-electron chi connectivity index (χ3n) is 2.91. The number of hydrogen-bond acceptors (Lipinski definition) is 4. The summed E-state index contributed by atoms with van der Waals surface area (Å²) in [4.78, 5) is 11.7. The van der Waals surface area contributed by atoms with Crippen LogP contribution in [0, 0.1) is 0 Å². The SMILES string of the molecule is CC(C)n1nc(NC(=O)OCc2ccccc2)cc1CO. The van der Waals surface area contributed by atoms with Crippen molar-refractivity contribution in [3.63, 3.8) is 0 Å². The Morgan fingerprint density at radius 2 is 2.10 bits per heavy atom. The zero-order valence-electron chi connectivity index (χ0n) is 12.1. The molecule has 21 heavy (non-hydrogen) atoms. The fourth-order valence-electron chi connectivity index (χ4n) is 1.92. The summed E-state index contributed by atoms with van der Waals surface area (Å²) >= 11 is 0. The molecule has 0 bridgehead atoms.